The first-order valence-electron chi connectivity index (χ1n) is 9.57. The van der Waals surface area contributed by atoms with Gasteiger partial charge in [-0.15, -0.1) is 0 Å². The van der Waals surface area contributed by atoms with Gasteiger partial charge in [0.15, 0.2) is 5.65 Å². The standard InChI is InChI=1S/C22H21ClN4O/c1-12-9-14(10-18(12)28)25-19-17(23)11-24-22-20(19)26-21(27-22)16-8-4-6-13-5-2-3-7-15(13)16/h2-8,11-12,14,18,28H,9-10H2,1H3,(H2,24,25,26,27)/t12-,14+,18-/m0/s1. The number of nitrogens with zero attached hydrogens (tertiary/aromatic N) is 2. The number of aromatic amines is 1. The second-order valence-corrected chi connectivity index (χ2v) is 8.06. The number of aliphatic hydroxyl groups excluding tert-OH is 1. The fourth-order valence-corrected chi connectivity index (χ4v) is 4.38. The molecule has 2 aromatic carbocycles. The Morgan fingerprint density at radius 2 is 1.96 bits per heavy atom. The van der Waals surface area contributed by atoms with E-state index in [4.69, 9.17) is 16.6 Å². The number of anilines is 1. The zero-order valence-corrected chi connectivity index (χ0v) is 16.2. The molecule has 142 valence electrons. The number of nitrogens with one attached hydrogen (secondary N) is 2. The Balaban J connectivity index is 1.60. The van der Waals surface area contributed by atoms with Gasteiger partial charge < -0.3 is 15.4 Å². The number of hydrogen-bond acceptors (Lipinski definition) is 4. The van der Waals surface area contributed by atoms with Crippen molar-refractivity contribution in [2.24, 2.45) is 5.92 Å². The van der Waals surface area contributed by atoms with Crippen LogP contribution < -0.4 is 5.32 Å². The highest BCUT2D eigenvalue weighted by Crippen LogP contribution is 2.35. The highest BCUT2D eigenvalue weighted by atomic mass is 35.5. The third-order valence-electron chi connectivity index (χ3n) is 5.71. The number of pyridine rings is 1. The minimum Gasteiger partial charge on any atom is -0.393 e. The van der Waals surface area contributed by atoms with E-state index in [-0.39, 0.29) is 18.1 Å². The van der Waals surface area contributed by atoms with Gasteiger partial charge in [-0.2, -0.15) is 0 Å². The van der Waals surface area contributed by atoms with Crippen LogP contribution in [0.15, 0.2) is 48.7 Å². The van der Waals surface area contributed by atoms with Crippen molar-refractivity contribution < 1.29 is 5.11 Å². The lowest BCUT2D eigenvalue weighted by atomic mass is 10.0. The summed E-state index contributed by atoms with van der Waals surface area (Å²) in [5.41, 5.74) is 3.26. The van der Waals surface area contributed by atoms with Crippen LogP contribution >= 0.6 is 11.6 Å². The van der Waals surface area contributed by atoms with Crippen LogP contribution in [0, 0.1) is 5.92 Å². The summed E-state index contributed by atoms with van der Waals surface area (Å²) >= 11 is 6.47. The van der Waals surface area contributed by atoms with Crippen molar-refractivity contribution in [3.8, 4) is 11.4 Å². The zero-order chi connectivity index (χ0) is 19.3. The third kappa shape index (κ3) is 2.91. The summed E-state index contributed by atoms with van der Waals surface area (Å²) in [6, 6.07) is 14.6. The summed E-state index contributed by atoms with van der Waals surface area (Å²) < 4.78 is 0. The van der Waals surface area contributed by atoms with Crippen molar-refractivity contribution in [1.29, 1.82) is 0 Å². The van der Waals surface area contributed by atoms with Gasteiger partial charge >= 0.3 is 0 Å². The van der Waals surface area contributed by atoms with Crippen LogP contribution in [0.3, 0.4) is 0 Å². The van der Waals surface area contributed by atoms with Gasteiger partial charge in [0.1, 0.15) is 11.3 Å². The Bertz CT molecular complexity index is 1160. The molecule has 0 spiro atoms. The van der Waals surface area contributed by atoms with Crippen LogP contribution in [0.4, 0.5) is 5.69 Å². The Kier molecular flexibility index (Phi) is 4.22. The van der Waals surface area contributed by atoms with Crippen molar-refractivity contribution >= 4 is 39.2 Å². The van der Waals surface area contributed by atoms with Crippen molar-refractivity contribution in [2.75, 3.05) is 5.32 Å². The van der Waals surface area contributed by atoms with Gasteiger partial charge in [0, 0.05) is 11.6 Å². The number of halogens is 1. The lowest BCUT2D eigenvalue weighted by Gasteiger charge is -2.15. The second-order valence-electron chi connectivity index (χ2n) is 7.65. The van der Waals surface area contributed by atoms with Gasteiger partial charge in [-0.05, 0) is 29.5 Å². The van der Waals surface area contributed by atoms with E-state index in [1.54, 1.807) is 6.20 Å². The number of imidazole rings is 1. The maximum absolute atomic E-state index is 10.1. The minimum absolute atomic E-state index is 0.178. The van der Waals surface area contributed by atoms with E-state index in [1.807, 2.05) is 18.2 Å². The van der Waals surface area contributed by atoms with E-state index in [9.17, 15) is 5.11 Å². The molecule has 1 saturated carbocycles. The SMILES string of the molecule is C[C@H]1C[C@@H](Nc2c(Cl)cnc3nc(-c4cccc5ccccc45)[nH]c23)C[C@@H]1O. The summed E-state index contributed by atoms with van der Waals surface area (Å²) in [5.74, 6) is 1.05. The average Bonchev–Trinajstić information content (AvgIpc) is 3.27. The molecule has 1 fully saturated rings. The van der Waals surface area contributed by atoms with Crippen LogP contribution in [0.1, 0.15) is 19.8 Å². The fraction of sp³-hybridized carbons (Fsp3) is 0.273. The predicted molar refractivity (Wildman–Crippen MR) is 114 cm³/mol. The number of benzene rings is 2. The molecule has 4 aromatic rings. The van der Waals surface area contributed by atoms with E-state index >= 15 is 0 Å². The second kappa shape index (κ2) is 6.76. The molecule has 0 saturated heterocycles. The van der Waals surface area contributed by atoms with Gasteiger partial charge in [0.25, 0.3) is 0 Å². The van der Waals surface area contributed by atoms with Crippen molar-refractivity contribution in [1.82, 2.24) is 15.0 Å². The topological polar surface area (TPSA) is 73.8 Å². The minimum atomic E-state index is -0.276. The third-order valence-corrected chi connectivity index (χ3v) is 5.99. The van der Waals surface area contributed by atoms with Crippen LogP contribution in [-0.4, -0.2) is 32.2 Å². The molecule has 0 unspecified atom stereocenters. The largest absolute Gasteiger partial charge is 0.393 e. The summed E-state index contributed by atoms with van der Waals surface area (Å²) in [6.07, 6.45) is 2.98. The molecule has 0 amide bonds. The number of fused-ring (bicyclic) bond motifs is 2. The predicted octanol–water partition coefficient (Wildman–Crippen LogP) is 5.00. The molecule has 0 radical (unpaired) electrons. The van der Waals surface area contributed by atoms with E-state index in [0.717, 1.165) is 34.4 Å². The highest BCUT2D eigenvalue weighted by Gasteiger charge is 2.30. The molecule has 5 rings (SSSR count). The monoisotopic (exact) mass is 392 g/mol. The fourth-order valence-electron chi connectivity index (χ4n) is 4.18. The van der Waals surface area contributed by atoms with E-state index < -0.39 is 0 Å². The molecule has 0 aliphatic heterocycles. The first-order valence-corrected chi connectivity index (χ1v) is 9.95. The van der Waals surface area contributed by atoms with E-state index in [0.29, 0.717) is 17.1 Å². The molecular formula is C22H21ClN4O. The Hall–Kier alpha value is -2.63. The lowest BCUT2D eigenvalue weighted by molar-refractivity contribution is 0.141. The Labute approximate surface area is 167 Å². The quantitative estimate of drug-likeness (QED) is 0.458. The first-order chi connectivity index (χ1) is 13.6. The molecular weight excluding hydrogens is 372 g/mol. The summed E-state index contributed by atoms with van der Waals surface area (Å²) in [4.78, 5) is 12.6. The summed E-state index contributed by atoms with van der Waals surface area (Å²) in [7, 11) is 0. The highest BCUT2D eigenvalue weighted by molar-refractivity contribution is 6.34. The van der Waals surface area contributed by atoms with Crippen molar-refractivity contribution in [3.05, 3.63) is 53.7 Å². The Morgan fingerprint density at radius 3 is 2.79 bits per heavy atom. The lowest BCUT2D eigenvalue weighted by Crippen LogP contribution is -2.17. The maximum atomic E-state index is 10.1. The van der Waals surface area contributed by atoms with Gasteiger partial charge in [0.05, 0.1) is 23.0 Å². The molecule has 3 atom stereocenters. The summed E-state index contributed by atoms with van der Waals surface area (Å²) in [5, 5.41) is 16.4. The number of hydrogen-bond donors (Lipinski definition) is 3. The smallest absolute Gasteiger partial charge is 0.180 e. The molecule has 5 nitrogen and oxygen atoms in total. The van der Waals surface area contributed by atoms with E-state index in [1.165, 1.54) is 5.39 Å². The van der Waals surface area contributed by atoms with Crippen LogP contribution in [0.5, 0.6) is 0 Å². The molecule has 1 aliphatic rings. The molecule has 0 bridgehead atoms. The van der Waals surface area contributed by atoms with Crippen molar-refractivity contribution in [2.45, 2.75) is 31.9 Å². The zero-order valence-electron chi connectivity index (χ0n) is 15.5. The number of rotatable bonds is 3. The van der Waals surface area contributed by atoms with Crippen LogP contribution in [0.25, 0.3) is 33.3 Å². The molecule has 6 heteroatoms. The first kappa shape index (κ1) is 17.5. The molecule has 3 N–H and O–H groups in total. The molecule has 1 aliphatic carbocycles. The van der Waals surface area contributed by atoms with Gasteiger partial charge in [-0.3, -0.25) is 0 Å². The molecule has 2 heterocycles. The molecule has 2 aromatic heterocycles. The maximum Gasteiger partial charge on any atom is 0.180 e. The van der Waals surface area contributed by atoms with Gasteiger partial charge in [0.2, 0.25) is 0 Å². The van der Waals surface area contributed by atoms with Gasteiger partial charge in [-0.1, -0.05) is 61.0 Å². The normalized spacial score (nSPS) is 22.2. The van der Waals surface area contributed by atoms with Gasteiger partial charge in [-0.25, -0.2) is 9.97 Å². The van der Waals surface area contributed by atoms with Crippen LogP contribution in [-0.2, 0) is 0 Å². The molecule has 28 heavy (non-hydrogen) atoms. The Morgan fingerprint density at radius 1 is 1.14 bits per heavy atom. The van der Waals surface area contributed by atoms with Crippen molar-refractivity contribution in [3.63, 3.8) is 0 Å². The van der Waals surface area contributed by atoms with Crippen LogP contribution in [0.2, 0.25) is 5.02 Å². The number of aliphatic hydroxyl groups is 1. The average molecular weight is 393 g/mol. The number of H-pyrrole nitrogens is 1. The van der Waals surface area contributed by atoms with E-state index in [2.05, 4.69) is 46.5 Å². The number of aromatic nitrogens is 3. The summed E-state index contributed by atoms with van der Waals surface area (Å²) in [6.45, 7) is 2.07.